The first-order valence-electron chi connectivity index (χ1n) is 10.5. The first-order chi connectivity index (χ1) is 15.2. The van der Waals surface area contributed by atoms with Gasteiger partial charge < -0.3 is 14.4 Å². The molecule has 0 aromatic heterocycles. The lowest BCUT2D eigenvalue weighted by Gasteiger charge is -2.21. The lowest BCUT2D eigenvalue weighted by Crippen LogP contribution is -2.33. The van der Waals surface area contributed by atoms with E-state index in [1.54, 1.807) is 17.0 Å². The summed E-state index contributed by atoms with van der Waals surface area (Å²) in [5.41, 5.74) is 7.08. The third kappa shape index (κ3) is 3.46. The maximum atomic E-state index is 13.0. The van der Waals surface area contributed by atoms with E-state index in [2.05, 4.69) is 24.3 Å². The van der Waals surface area contributed by atoms with Crippen LogP contribution in [0.25, 0.3) is 11.1 Å². The molecule has 31 heavy (non-hydrogen) atoms. The number of hydrogen-bond donors (Lipinski definition) is 0. The van der Waals surface area contributed by atoms with Crippen molar-refractivity contribution in [3.05, 3.63) is 88.5 Å². The zero-order valence-electron chi connectivity index (χ0n) is 17.3. The Morgan fingerprint density at radius 3 is 2.45 bits per heavy atom. The summed E-state index contributed by atoms with van der Waals surface area (Å²) in [7, 11) is 0. The maximum Gasteiger partial charge on any atom is 0.410 e. The van der Waals surface area contributed by atoms with E-state index in [0.717, 1.165) is 23.2 Å². The van der Waals surface area contributed by atoms with Crippen LogP contribution in [-0.2, 0) is 11.3 Å². The fraction of sp³-hybridized carbons (Fsp3) is 0.231. The molecule has 3 aromatic rings. The molecule has 0 saturated carbocycles. The molecule has 1 aliphatic heterocycles. The van der Waals surface area contributed by atoms with Crippen molar-refractivity contribution in [2.24, 2.45) is 0 Å². The Balaban J connectivity index is 1.34. The molecule has 0 N–H and O–H groups in total. The minimum Gasteiger partial charge on any atom is -0.491 e. The molecule has 5 heteroatoms. The number of ether oxygens (including phenoxy) is 2. The second-order valence-electron chi connectivity index (χ2n) is 8.02. The molecule has 5 rings (SSSR count). The molecule has 3 aromatic carbocycles. The fourth-order valence-corrected chi connectivity index (χ4v) is 4.65. The first-order valence-corrected chi connectivity index (χ1v) is 10.5. The first kappa shape index (κ1) is 19.4. The number of rotatable bonds is 3. The average Bonchev–Trinajstić information content (AvgIpc) is 2.95. The van der Waals surface area contributed by atoms with E-state index in [0.29, 0.717) is 25.3 Å². The van der Waals surface area contributed by atoms with E-state index >= 15 is 0 Å². The molecule has 156 valence electrons. The largest absolute Gasteiger partial charge is 0.491 e. The molecule has 2 aliphatic rings. The lowest BCUT2D eigenvalue weighted by molar-refractivity contribution is 0.0947. The molecule has 1 heterocycles. The topological polar surface area (TPSA) is 55.8 Å². The second-order valence-corrected chi connectivity index (χ2v) is 8.02. The number of amides is 1. The van der Waals surface area contributed by atoms with Gasteiger partial charge in [-0.25, -0.2) is 4.79 Å². The standard InChI is InChI=1S/C26H23NO4/c1-17-12-18(15-28)13-19-14-27(10-11-30-25(17)19)26(29)31-16-24-22-8-4-2-6-20(22)21-7-3-5-9-23(21)24/h2-9,12-13,15,24H,10-11,14,16H2,1H3. The van der Waals surface area contributed by atoms with Gasteiger partial charge in [0.2, 0.25) is 0 Å². The summed E-state index contributed by atoms with van der Waals surface area (Å²) in [6, 6.07) is 20.1. The van der Waals surface area contributed by atoms with Gasteiger partial charge in [-0.05, 0) is 46.9 Å². The number of carbonyl (C=O) groups excluding carboxylic acids is 2. The summed E-state index contributed by atoms with van der Waals surface area (Å²) in [5.74, 6) is 0.773. The van der Waals surface area contributed by atoms with Crippen LogP contribution < -0.4 is 4.74 Å². The van der Waals surface area contributed by atoms with Crippen LogP contribution in [0, 0.1) is 6.92 Å². The van der Waals surface area contributed by atoms with Gasteiger partial charge in [0.05, 0.1) is 13.1 Å². The Hall–Kier alpha value is -3.60. The average molecular weight is 413 g/mol. The van der Waals surface area contributed by atoms with E-state index in [4.69, 9.17) is 9.47 Å². The van der Waals surface area contributed by atoms with Crippen molar-refractivity contribution in [2.75, 3.05) is 19.8 Å². The van der Waals surface area contributed by atoms with Crippen molar-refractivity contribution in [1.82, 2.24) is 4.90 Å². The van der Waals surface area contributed by atoms with Crippen molar-refractivity contribution >= 4 is 12.4 Å². The Labute approximate surface area is 181 Å². The predicted octanol–water partition coefficient (Wildman–Crippen LogP) is 4.95. The predicted molar refractivity (Wildman–Crippen MR) is 118 cm³/mol. The molecule has 0 radical (unpaired) electrons. The normalized spacial score (nSPS) is 14.7. The second kappa shape index (κ2) is 7.91. The van der Waals surface area contributed by atoms with E-state index < -0.39 is 0 Å². The van der Waals surface area contributed by atoms with Crippen LogP contribution in [0.3, 0.4) is 0 Å². The Kier molecular flexibility index (Phi) is 4.94. The summed E-state index contributed by atoms with van der Waals surface area (Å²) in [4.78, 5) is 25.9. The Morgan fingerprint density at radius 2 is 1.77 bits per heavy atom. The quantitative estimate of drug-likeness (QED) is 0.570. The molecule has 0 atom stereocenters. The maximum absolute atomic E-state index is 13.0. The van der Waals surface area contributed by atoms with E-state index in [9.17, 15) is 9.59 Å². The monoisotopic (exact) mass is 413 g/mol. The minimum absolute atomic E-state index is 0.0239. The molecule has 5 nitrogen and oxygen atoms in total. The summed E-state index contributed by atoms with van der Waals surface area (Å²) >= 11 is 0. The van der Waals surface area contributed by atoms with Gasteiger partial charge in [-0.15, -0.1) is 0 Å². The molecule has 0 unspecified atom stereocenters. The van der Waals surface area contributed by atoms with Crippen LogP contribution in [0.4, 0.5) is 4.79 Å². The molecule has 0 fully saturated rings. The lowest BCUT2D eigenvalue weighted by atomic mass is 9.98. The number of benzene rings is 3. The number of aldehydes is 1. The third-order valence-corrected chi connectivity index (χ3v) is 6.07. The zero-order chi connectivity index (χ0) is 21.4. The highest BCUT2D eigenvalue weighted by Crippen LogP contribution is 2.44. The minimum atomic E-state index is -0.368. The molecular formula is C26H23NO4. The smallest absolute Gasteiger partial charge is 0.410 e. The van der Waals surface area contributed by atoms with Gasteiger partial charge in [0.1, 0.15) is 25.2 Å². The van der Waals surface area contributed by atoms with Gasteiger partial charge >= 0.3 is 6.09 Å². The van der Waals surface area contributed by atoms with Crippen molar-refractivity contribution in [1.29, 1.82) is 0 Å². The van der Waals surface area contributed by atoms with Crippen LogP contribution in [0.5, 0.6) is 5.75 Å². The fourth-order valence-electron chi connectivity index (χ4n) is 4.65. The summed E-state index contributed by atoms with van der Waals surface area (Å²) in [6.45, 7) is 3.37. The van der Waals surface area contributed by atoms with Crippen molar-refractivity contribution in [3.63, 3.8) is 0 Å². The highest BCUT2D eigenvalue weighted by atomic mass is 16.6. The number of aryl methyl sites for hydroxylation is 1. The van der Waals surface area contributed by atoms with Crippen LogP contribution in [0.15, 0.2) is 60.7 Å². The Bertz CT molecular complexity index is 1120. The number of nitrogens with zero attached hydrogens (tertiary/aromatic N) is 1. The van der Waals surface area contributed by atoms with Gasteiger partial charge in [-0.3, -0.25) is 4.79 Å². The SMILES string of the molecule is Cc1cc(C=O)cc2c1OCCN(C(=O)OCC1c3ccccc3-c3ccccc31)C2. The molecular weight excluding hydrogens is 390 g/mol. The van der Waals surface area contributed by atoms with Gasteiger partial charge in [0, 0.05) is 17.0 Å². The van der Waals surface area contributed by atoms with Crippen LogP contribution >= 0.6 is 0 Å². The van der Waals surface area contributed by atoms with Crippen LogP contribution in [-0.4, -0.2) is 37.0 Å². The number of hydrogen-bond acceptors (Lipinski definition) is 4. The van der Waals surface area contributed by atoms with Crippen LogP contribution in [0.1, 0.15) is 38.5 Å². The van der Waals surface area contributed by atoms with E-state index in [-0.39, 0.29) is 18.6 Å². The highest BCUT2D eigenvalue weighted by molar-refractivity contribution is 5.79. The van der Waals surface area contributed by atoms with Gasteiger partial charge in [0.15, 0.2) is 0 Å². The number of carbonyl (C=O) groups is 2. The third-order valence-electron chi connectivity index (χ3n) is 6.07. The highest BCUT2D eigenvalue weighted by Gasteiger charge is 2.30. The summed E-state index contributed by atoms with van der Waals surface area (Å²) < 4.78 is 11.7. The van der Waals surface area contributed by atoms with Crippen molar-refractivity contribution < 1.29 is 19.1 Å². The van der Waals surface area contributed by atoms with E-state index in [1.165, 1.54) is 22.3 Å². The molecule has 0 bridgehead atoms. The molecule has 0 spiro atoms. The van der Waals surface area contributed by atoms with E-state index in [1.807, 2.05) is 31.2 Å². The van der Waals surface area contributed by atoms with Crippen molar-refractivity contribution in [2.45, 2.75) is 19.4 Å². The summed E-state index contributed by atoms with van der Waals surface area (Å²) in [6.07, 6.45) is 0.447. The van der Waals surface area contributed by atoms with Gasteiger partial charge in [0.25, 0.3) is 0 Å². The Morgan fingerprint density at radius 1 is 1.10 bits per heavy atom. The van der Waals surface area contributed by atoms with Gasteiger partial charge in [-0.2, -0.15) is 0 Å². The van der Waals surface area contributed by atoms with Gasteiger partial charge in [-0.1, -0.05) is 48.5 Å². The van der Waals surface area contributed by atoms with Crippen LogP contribution in [0.2, 0.25) is 0 Å². The molecule has 1 amide bonds. The number of fused-ring (bicyclic) bond motifs is 4. The summed E-state index contributed by atoms with van der Waals surface area (Å²) in [5, 5.41) is 0. The molecule has 1 aliphatic carbocycles. The molecule has 0 saturated heterocycles. The van der Waals surface area contributed by atoms with Crippen molar-refractivity contribution in [3.8, 4) is 16.9 Å². The zero-order valence-corrected chi connectivity index (χ0v) is 17.3.